The van der Waals surface area contributed by atoms with Crippen molar-refractivity contribution in [2.75, 3.05) is 12.3 Å². The number of carbonyl (C=O) groups excluding carboxylic acids is 1. The van der Waals surface area contributed by atoms with Crippen LogP contribution in [0.5, 0.6) is 0 Å². The van der Waals surface area contributed by atoms with Crippen molar-refractivity contribution in [3.63, 3.8) is 0 Å². The van der Waals surface area contributed by atoms with Crippen molar-refractivity contribution in [1.82, 2.24) is 5.32 Å². The summed E-state index contributed by atoms with van der Waals surface area (Å²) in [5.41, 5.74) is 1.98. The highest BCUT2D eigenvalue weighted by molar-refractivity contribution is 7.91. The lowest BCUT2D eigenvalue weighted by atomic mass is 10.1. The number of benzene rings is 2. The molecule has 0 atom stereocenters. The maximum atomic E-state index is 12.3. The number of amides is 1. The molecule has 1 amide bonds. The summed E-state index contributed by atoms with van der Waals surface area (Å²) >= 11 is 0. The average Bonchev–Trinajstić information content (AvgIpc) is 2.59. The third kappa shape index (κ3) is 4.79. The highest BCUT2D eigenvalue weighted by Crippen LogP contribution is 2.21. The monoisotopic (exact) mass is 329 g/mol. The molecule has 0 bridgehead atoms. The smallest absolute Gasteiger partial charge is 0.221 e. The van der Waals surface area contributed by atoms with E-state index in [9.17, 15) is 13.2 Å². The van der Waals surface area contributed by atoms with Crippen LogP contribution in [0.2, 0.25) is 0 Å². The summed E-state index contributed by atoms with van der Waals surface area (Å²) in [4.78, 5) is 11.7. The van der Waals surface area contributed by atoms with Crippen LogP contribution in [0.1, 0.15) is 6.42 Å². The summed E-state index contributed by atoms with van der Waals surface area (Å²) in [6.07, 6.45) is 1.49. The normalized spacial score (nSPS) is 11.0. The molecule has 120 valence electrons. The van der Waals surface area contributed by atoms with Gasteiger partial charge in [0.05, 0.1) is 10.6 Å². The first-order valence-electron chi connectivity index (χ1n) is 7.29. The van der Waals surface area contributed by atoms with E-state index in [1.807, 2.05) is 30.3 Å². The van der Waals surface area contributed by atoms with E-state index in [4.69, 9.17) is 0 Å². The minimum Gasteiger partial charge on any atom is -0.353 e. The third-order valence-corrected chi connectivity index (χ3v) is 5.09. The second-order valence-electron chi connectivity index (χ2n) is 5.05. The summed E-state index contributed by atoms with van der Waals surface area (Å²) in [7, 11) is -3.47. The van der Waals surface area contributed by atoms with Crippen LogP contribution in [-0.2, 0) is 14.6 Å². The molecule has 0 heterocycles. The zero-order valence-electron chi connectivity index (χ0n) is 12.7. The molecule has 2 rings (SSSR count). The topological polar surface area (TPSA) is 63.2 Å². The number of hydrogen-bond donors (Lipinski definition) is 1. The molecule has 1 N–H and O–H groups in total. The Hall–Kier alpha value is -2.40. The molecule has 5 heteroatoms. The van der Waals surface area contributed by atoms with Gasteiger partial charge in [-0.25, -0.2) is 8.42 Å². The maximum Gasteiger partial charge on any atom is 0.221 e. The van der Waals surface area contributed by atoms with Crippen LogP contribution < -0.4 is 5.32 Å². The van der Waals surface area contributed by atoms with Gasteiger partial charge in [-0.2, -0.15) is 0 Å². The lowest BCUT2D eigenvalue weighted by molar-refractivity contribution is -0.120. The SMILES string of the molecule is C=CCNC(=O)CCS(=O)(=O)c1ccc(-c2ccccc2)cc1. The zero-order chi connectivity index (χ0) is 16.7. The Morgan fingerprint density at radius 2 is 1.61 bits per heavy atom. The van der Waals surface area contributed by atoms with Gasteiger partial charge in [0.1, 0.15) is 0 Å². The predicted molar refractivity (Wildman–Crippen MR) is 91.8 cm³/mol. The average molecular weight is 329 g/mol. The molecule has 0 fully saturated rings. The van der Waals surface area contributed by atoms with Crippen LogP contribution in [0.4, 0.5) is 0 Å². The summed E-state index contributed by atoms with van der Waals surface area (Å²) in [5.74, 6) is -0.505. The molecule has 0 aliphatic heterocycles. The maximum absolute atomic E-state index is 12.3. The number of nitrogens with one attached hydrogen (secondary N) is 1. The largest absolute Gasteiger partial charge is 0.353 e. The minimum atomic E-state index is -3.47. The summed E-state index contributed by atoms with van der Waals surface area (Å²) in [5, 5.41) is 2.57. The standard InChI is InChI=1S/C18H19NO3S/c1-2-13-19-18(20)12-14-23(21,22)17-10-8-16(9-11-17)15-6-4-3-5-7-15/h2-11H,1,12-14H2,(H,19,20). The summed E-state index contributed by atoms with van der Waals surface area (Å²) in [6, 6.07) is 16.4. The molecule has 0 saturated heterocycles. The van der Waals surface area contributed by atoms with Gasteiger partial charge in [0.25, 0.3) is 0 Å². The Morgan fingerprint density at radius 1 is 1.00 bits per heavy atom. The number of hydrogen-bond acceptors (Lipinski definition) is 3. The molecule has 4 nitrogen and oxygen atoms in total. The van der Waals surface area contributed by atoms with Crippen molar-refractivity contribution in [2.45, 2.75) is 11.3 Å². The van der Waals surface area contributed by atoms with E-state index in [1.54, 1.807) is 30.3 Å². The Labute approximate surface area is 136 Å². The van der Waals surface area contributed by atoms with Gasteiger partial charge in [-0.3, -0.25) is 4.79 Å². The summed E-state index contributed by atoms with van der Waals surface area (Å²) in [6.45, 7) is 3.83. The van der Waals surface area contributed by atoms with E-state index in [2.05, 4.69) is 11.9 Å². The van der Waals surface area contributed by atoms with Crippen molar-refractivity contribution in [3.05, 3.63) is 67.3 Å². The van der Waals surface area contributed by atoms with Crippen molar-refractivity contribution in [1.29, 1.82) is 0 Å². The van der Waals surface area contributed by atoms with Crippen molar-refractivity contribution in [2.24, 2.45) is 0 Å². The van der Waals surface area contributed by atoms with Gasteiger partial charge in [0.15, 0.2) is 9.84 Å². The predicted octanol–water partition coefficient (Wildman–Crippen LogP) is 2.82. The van der Waals surface area contributed by atoms with Gasteiger partial charge in [-0.1, -0.05) is 48.5 Å². The molecule has 2 aromatic rings. The second-order valence-corrected chi connectivity index (χ2v) is 7.16. The molecule has 0 aliphatic carbocycles. The quantitative estimate of drug-likeness (QED) is 0.795. The molecule has 0 radical (unpaired) electrons. The Bertz CT molecular complexity index is 766. The third-order valence-electron chi connectivity index (χ3n) is 3.36. The van der Waals surface area contributed by atoms with Crippen LogP contribution >= 0.6 is 0 Å². The van der Waals surface area contributed by atoms with E-state index in [0.717, 1.165) is 11.1 Å². The molecule has 0 saturated carbocycles. The zero-order valence-corrected chi connectivity index (χ0v) is 13.6. The van der Waals surface area contributed by atoms with E-state index in [0.29, 0.717) is 6.54 Å². The lowest BCUT2D eigenvalue weighted by Gasteiger charge is -2.07. The van der Waals surface area contributed by atoms with E-state index >= 15 is 0 Å². The fourth-order valence-electron chi connectivity index (χ4n) is 2.10. The molecular formula is C18H19NO3S. The minimum absolute atomic E-state index is 0.0589. The fraction of sp³-hybridized carbons (Fsp3) is 0.167. The number of sulfone groups is 1. The molecule has 0 aliphatic rings. The van der Waals surface area contributed by atoms with Crippen LogP contribution in [-0.4, -0.2) is 26.6 Å². The first-order valence-corrected chi connectivity index (χ1v) is 8.94. The van der Waals surface area contributed by atoms with Crippen molar-refractivity contribution >= 4 is 15.7 Å². The summed E-state index contributed by atoms with van der Waals surface area (Å²) < 4.78 is 24.5. The molecule has 0 unspecified atom stereocenters. The fourth-order valence-corrected chi connectivity index (χ4v) is 3.35. The highest BCUT2D eigenvalue weighted by atomic mass is 32.2. The van der Waals surface area contributed by atoms with Crippen molar-refractivity contribution < 1.29 is 13.2 Å². The molecule has 0 spiro atoms. The number of carbonyl (C=O) groups is 1. The van der Waals surface area contributed by atoms with E-state index in [1.165, 1.54) is 0 Å². The van der Waals surface area contributed by atoms with Gasteiger partial charge in [-0.15, -0.1) is 6.58 Å². The van der Waals surface area contributed by atoms with Gasteiger partial charge in [0, 0.05) is 13.0 Å². The second kappa shape index (κ2) is 7.74. The highest BCUT2D eigenvalue weighted by Gasteiger charge is 2.16. The first-order chi connectivity index (χ1) is 11.0. The van der Waals surface area contributed by atoms with Gasteiger partial charge in [-0.05, 0) is 23.3 Å². The van der Waals surface area contributed by atoms with E-state index < -0.39 is 9.84 Å². The Balaban J connectivity index is 2.06. The molecule has 2 aromatic carbocycles. The van der Waals surface area contributed by atoms with Gasteiger partial charge in [0.2, 0.25) is 5.91 Å². The van der Waals surface area contributed by atoms with E-state index in [-0.39, 0.29) is 23.0 Å². The van der Waals surface area contributed by atoms with Crippen LogP contribution in [0.3, 0.4) is 0 Å². The molecular weight excluding hydrogens is 310 g/mol. The Morgan fingerprint density at radius 3 is 2.22 bits per heavy atom. The van der Waals surface area contributed by atoms with Crippen LogP contribution in [0.25, 0.3) is 11.1 Å². The van der Waals surface area contributed by atoms with Crippen LogP contribution in [0, 0.1) is 0 Å². The molecule has 0 aromatic heterocycles. The molecule has 23 heavy (non-hydrogen) atoms. The lowest BCUT2D eigenvalue weighted by Crippen LogP contribution is -2.25. The van der Waals surface area contributed by atoms with Crippen LogP contribution in [0.15, 0.2) is 72.1 Å². The van der Waals surface area contributed by atoms with Gasteiger partial charge < -0.3 is 5.32 Å². The number of rotatable bonds is 7. The van der Waals surface area contributed by atoms with Crippen molar-refractivity contribution in [3.8, 4) is 11.1 Å². The van der Waals surface area contributed by atoms with Gasteiger partial charge >= 0.3 is 0 Å². The first kappa shape index (κ1) is 17.0. The Kier molecular flexibility index (Phi) is 5.71.